The van der Waals surface area contributed by atoms with Crippen molar-refractivity contribution < 1.29 is 38.1 Å². The first kappa shape index (κ1) is 45.4. The Kier molecular flexibility index (Phi) is 16.3. The van der Waals surface area contributed by atoms with Crippen LogP contribution in [-0.2, 0) is 38.4 Å². The fraction of sp³-hybridized carbons (Fsp3) is 0.600. The summed E-state index contributed by atoms with van der Waals surface area (Å²) in [6, 6.07) is 8.98. The average Bonchev–Trinajstić information content (AvgIpc) is 3.75. The van der Waals surface area contributed by atoms with Crippen LogP contribution in [0.4, 0.5) is 10.1 Å². The van der Waals surface area contributed by atoms with Crippen molar-refractivity contribution >= 4 is 34.7 Å². The first-order valence-electron chi connectivity index (χ1n) is 21.7. The fourth-order valence-corrected chi connectivity index (χ4v) is 9.04. The van der Waals surface area contributed by atoms with Gasteiger partial charge in [-0.25, -0.2) is 9.37 Å². The van der Waals surface area contributed by atoms with Crippen LogP contribution >= 0.6 is 11.3 Å². The van der Waals surface area contributed by atoms with E-state index in [1.165, 1.54) is 11.3 Å². The van der Waals surface area contributed by atoms with Crippen LogP contribution in [0, 0.1) is 5.82 Å². The maximum Gasteiger partial charge on any atom is 0.273 e. The number of carbonyl (C=O) groups is 3. The molecule has 0 aliphatic carbocycles. The van der Waals surface area contributed by atoms with Gasteiger partial charge in [0.05, 0.1) is 43.4 Å². The predicted octanol–water partition coefficient (Wildman–Crippen LogP) is 6.14. The monoisotopic (exact) mass is 850 g/mol. The number of anilines is 1. The van der Waals surface area contributed by atoms with Crippen molar-refractivity contribution in [3.63, 3.8) is 0 Å². The molecule has 3 amide bonds. The van der Waals surface area contributed by atoms with Crippen LogP contribution < -0.4 is 15.4 Å². The summed E-state index contributed by atoms with van der Waals surface area (Å²) in [6.45, 7) is 14.3. The van der Waals surface area contributed by atoms with E-state index in [1.54, 1.807) is 18.2 Å². The number of unbranched alkanes of at least 4 members (excludes halogenated alkanes) is 1. The number of fused-ring (bicyclic) bond motifs is 1. The van der Waals surface area contributed by atoms with Crippen LogP contribution in [0.2, 0.25) is 0 Å². The molecule has 2 saturated heterocycles. The Morgan fingerprint density at radius 3 is 2.65 bits per heavy atom. The number of likely N-dealkylation sites (tertiary alicyclic amines) is 1. The molecule has 3 aliphatic rings. The van der Waals surface area contributed by atoms with Crippen molar-refractivity contribution in [3.8, 4) is 11.5 Å². The lowest BCUT2D eigenvalue weighted by Crippen LogP contribution is -2.58. The normalized spacial score (nSPS) is 17.0. The molecule has 0 saturated carbocycles. The number of hydrogen-bond donors (Lipinski definition) is 3. The smallest absolute Gasteiger partial charge is 0.273 e. The minimum absolute atomic E-state index is 0.0267. The van der Waals surface area contributed by atoms with Crippen LogP contribution in [0.3, 0.4) is 0 Å². The van der Waals surface area contributed by atoms with E-state index in [4.69, 9.17) is 14.2 Å². The molecule has 3 N–H and O–H groups in total. The topological polar surface area (TPSA) is 146 Å². The van der Waals surface area contributed by atoms with Gasteiger partial charge in [0.2, 0.25) is 5.91 Å². The van der Waals surface area contributed by atoms with E-state index in [0.29, 0.717) is 93.6 Å². The van der Waals surface area contributed by atoms with Crippen molar-refractivity contribution in [2.75, 3.05) is 77.6 Å². The SMILES string of the molecule is CCCCC(C)N(CCNCCc1ccc(O)c2c1OCC(=O)N2)C(=O)CCOCCc1cccc(CN2CCC3(CC2)CN(C(=O)c2csc(C(C)C)n2)CCO3)c1F. The molecule has 60 heavy (non-hydrogen) atoms. The maximum absolute atomic E-state index is 15.8. The number of ether oxygens (including phenoxy) is 3. The van der Waals surface area contributed by atoms with Crippen LogP contribution in [0.1, 0.15) is 104 Å². The van der Waals surface area contributed by atoms with E-state index < -0.39 is 5.60 Å². The number of thiazole rings is 1. The molecule has 13 nitrogen and oxygen atoms in total. The van der Waals surface area contributed by atoms with Gasteiger partial charge < -0.3 is 39.8 Å². The number of nitrogens with zero attached hydrogens (tertiary/aromatic N) is 4. The minimum atomic E-state index is -0.392. The molecule has 0 bridgehead atoms. The van der Waals surface area contributed by atoms with Crippen LogP contribution in [0.5, 0.6) is 11.5 Å². The Balaban J connectivity index is 0.914. The number of piperidine rings is 1. The number of amides is 3. The zero-order chi connectivity index (χ0) is 42.6. The number of carbonyl (C=O) groups excluding carboxylic acids is 3. The van der Waals surface area contributed by atoms with Crippen LogP contribution in [0.25, 0.3) is 0 Å². The fourth-order valence-electron chi connectivity index (χ4n) is 8.23. The molecule has 0 radical (unpaired) electrons. The molecule has 1 spiro atoms. The number of aromatic hydroxyl groups is 1. The van der Waals surface area contributed by atoms with E-state index in [1.807, 2.05) is 27.3 Å². The lowest BCUT2D eigenvalue weighted by atomic mass is 9.89. The van der Waals surface area contributed by atoms with Crippen LogP contribution in [0.15, 0.2) is 35.7 Å². The molecule has 328 valence electrons. The summed E-state index contributed by atoms with van der Waals surface area (Å²) in [6.07, 6.45) is 5.82. The van der Waals surface area contributed by atoms with Gasteiger partial charge in [0.1, 0.15) is 22.9 Å². The van der Waals surface area contributed by atoms with E-state index >= 15 is 4.39 Å². The second kappa shape index (κ2) is 21.6. The molecular formula is C45H63FN6O7S. The Morgan fingerprint density at radius 2 is 1.88 bits per heavy atom. The number of benzene rings is 2. The summed E-state index contributed by atoms with van der Waals surface area (Å²) in [7, 11) is 0. The summed E-state index contributed by atoms with van der Waals surface area (Å²) >= 11 is 1.53. The van der Waals surface area contributed by atoms with Gasteiger partial charge in [-0.2, -0.15) is 0 Å². The van der Waals surface area contributed by atoms with E-state index in [2.05, 4.69) is 48.2 Å². The highest BCUT2D eigenvalue weighted by Gasteiger charge is 2.41. The summed E-state index contributed by atoms with van der Waals surface area (Å²) < 4.78 is 33.6. The third kappa shape index (κ3) is 11.8. The molecule has 3 aliphatic heterocycles. The highest BCUT2D eigenvalue weighted by Crippen LogP contribution is 2.39. The second-order valence-corrected chi connectivity index (χ2v) is 17.5. The number of aromatic nitrogens is 1. The Morgan fingerprint density at radius 1 is 1.08 bits per heavy atom. The van der Waals surface area contributed by atoms with Crippen molar-refractivity contribution in [2.45, 2.75) is 103 Å². The molecule has 4 heterocycles. The van der Waals surface area contributed by atoms with Gasteiger partial charge in [0, 0.05) is 62.2 Å². The van der Waals surface area contributed by atoms with E-state index in [9.17, 15) is 19.5 Å². The Bertz CT molecular complexity index is 1920. The number of phenolic OH excluding ortho intramolecular Hbond substituents is 1. The summed E-state index contributed by atoms with van der Waals surface area (Å²) in [5, 5.41) is 19.1. The van der Waals surface area contributed by atoms with E-state index in [0.717, 1.165) is 55.8 Å². The van der Waals surface area contributed by atoms with Gasteiger partial charge >= 0.3 is 0 Å². The molecule has 3 aromatic rings. The molecule has 1 aromatic heterocycles. The van der Waals surface area contributed by atoms with Gasteiger partial charge in [-0.3, -0.25) is 19.3 Å². The van der Waals surface area contributed by atoms with Gasteiger partial charge in [0.15, 0.2) is 12.4 Å². The third-order valence-electron chi connectivity index (χ3n) is 11.8. The van der Waals surface area contributed by atoms with Gasteiger partial charge in [-0.15, -0.1) is 11.3 Å². The standard InChI is InChI=1S/C45H63FN6O7S/c1-5-6-8-32(4)52(22-19-47-18-13-34-11-12-37(53)41-42(34)58-28-38(54)49-41)39(55)15-25-57-24-14-33-9-7-10-35(40(33)46)27-50-20-16-45(17-21-50)30-51(23-26-59-45)44(56)36-29-60-43(48-36)31(2)3/h7,9-12,29,31-32,47,53H,5-6,8,13-28,30H2,1-4H3,(H,49,54). The Hall–Kier alpha value is -4.15. The van der Waals surface area contributed by atoms with Crippen molar-refractivity contribution in [3.05, 3.63) is 68.9 Å². The largest absolute Gasteiger partial charge is 0.506 e. The van der Waals surface area contributed by atoms with Gasteiger partial charge in [-0.05, 0) is 62.8 Å². The first-order chi connectivity index (χ1) is 29.0. The summed E-state index contributed by atoms with van der Waals surface area (Å²) in [5.41, 5.74) is 2.56. The maximum atomic E-state index is 15.8. The van der Waals surface area contributed by atoms with Crippen molar-refractivity contribution in [2.24, 2.45) is 0 Å². The summed E-state index contributed by atoms with van der Waals surface area (Å²) in [4.78, 5) is 49.1. The second-order valence-electron chi connectivity index (χ2n) is 16.6. The molecule has 6 rings (SSSR count). The number of halogens is 1. The highest BCUT2D eigenvalue weighted by atomic mass is 32.1. The number of rotatable bonds is 20. The number of nitrogens with one attached hydrogen (secondary N) is 2. The Labute approximate surface area is 358 Å². The molecule has 1 atom stereocenters. The zero-order valence-corrected chi connectivity index (χ0v) is 36.5. The number of morpholine rings is 1. The number of phenols is 1. The van der Waals surface area contributed by atoms with Crippen LogP contribution in [-0.4, -0.2) is 126 Å². The molecule has 2 aromatic carbocycles. The summed E-state index contributed by atoms with van der Waals surface area (Å²) in [5.74, 6) is 0.247. The first-order valence-corrected chi connectivity index (χ1v) is 22.6. The molecular weight excluding hydrogens is 788 g/mol. The van der Waals surface area contributed by atoms with E-state index in [-0.39, 0.29) is 60.9 Å². The van der Waals surface area contributed by atoms with Crippen molar-refractivity contribution in [1.29, 1.82) is 0 Å². The average molecular weight is 851 g/mol. The lowest BCUT2D eigenvalue weighted by Gasteiger charge is -2.47. The minimum Gasteiger partial charge on any atom is -0.506 e. The number of hydrogen-bond acceptors (Lipinski definition) is 11. The molecule has 1 unspecified atom stereocenters. The van der Waals surface area contributed by atoms with Gasteiger partial charge in [-0.1, -0.05) is 57.9 Å². The quantitative estimate of drug-likeness (QED) is 0.0896. The lowest BCUT2D eigenvalue weighted by molar-refractivity contribution is -0.134. The predicted molar refractivity (Wildman–Crippen MR) is 230 cm³/mol. The third-order valence-corrected chi connectivity index (χ3v) is 13.0. The molecule has 15 heteroatoms. The molecule has 2 fully saturated rings. The van der Waals surface area contributed by atoms with Gasteiger partial charge in [0.25, 0.3) is 11.8 Å². The zero-order valence-electron chi connectivity index (χ0n) is 35.7. The highest BCUT2D eigenvalue weighted by molar-refractivity contribution is 7.09. The van der Waals surface area contributed by atoms with Crippen molar-refractivity contribution in [1.82, 2.24) is 25.0 Å².